The van der Waals surface area contributed by atoms with E-state index < -0.39 is 28.7 Å². The third kappa shape index (κ3) is 6.19. The first-order chi connectivity index (χ1) is 20.3. The lowest BCUT2D eigenvalue weighted by molar-refractivity contribution is -0.155. The van der Waals surface area contributed by atoms with Gasteiger partial charge in [0.2, 0.25) is 11.8 Å². The first-order valence-electron chi connectivity index (χ1n) is 15.8. The van der Waals surface area contributed by atoms with Gasteiger partial charge in [-0.2, -0.15) is 0 Å². The summed E-state index contributed by atoms with van der Waals surface area (Å²) in [4.78, 5) is 48.7. The van der Waals surface area contributed by atoms with Gasteiger partial charge in [0, 0.05) is 38.0 Å². The summed E-state index contributed by atoms with van der Waals surface area (Å²) >= 11 is 1.66. The molecule has 0 radical (unpaired) electrons. The quantitative estimate of drug-likeness (QED) is 0.163. The monoisotopic (exact) mass is 605 g/mol. The Kier molecular flexibility index (Phi) is 11.6. The number of carbonyl (C=O) groups is 3. The number of hydrogen-bond donors (Lipinski definition) is 1. The third-order valence-electron chi connectivity index (χ3n) is 10.0. The molecule has 10 heteroatoms. The van der Waals surface area contributed by atoms with E-state index in [1.54, 1.807) is 22.7 Å². The van der Waals surface area contributed by atoms with Gasteiger partial charge in [-0.05, 0) is 37.5 Å². The Morgan fingerprint density at radius 1 is 1.26 bits per heavy atom. The number of esters is 1. The lowest BCUT2D eigenvalue weighted by atomic mass is 9.66. The maximum atomic E-state index is 14.7. The van der Waals surface area contributed by atoms with Gasteiger partial charge in [0.1, 0.15) is 6.04 Å². The number of unbranched alkanes of at least 4 members (excludes halogenated alkanes) is 2. The lowest BCUT2D eigenvalue weighted by Crippen LogP contribution is -2.60. The van der Waals surface area contributed by atoms with Gasteiger partial charge in [-0.15, -0.1) is 24.9 Å². The fraction of sp³-hybridized carbons (Fsp3) is 0.781. The highest BCUT2D eigenvalue weighted by atomic mass is 32.2. The molecule has 2 bridgehead atoms. The molecule has 0 aromatic carbocycles. The van der Waals surface area contributed by atoms with Crippen molar-refractivity contribution in [3.63, 3.8) is 0 Å². The average Bonchev–Trinajstić information content (AvgIpc) is 3.59. The molecule has 0 aliphatic carbocycles. The summed E-state index contributed by atoms with van der Waals surface area (Å²) in [5, 5.41) is 10.6. The predicted molar refractivity (Wildman–Crippen MR) is 165 cm³/mol. The molecule has 4 aliphatic heterocycles. The predicted octanol–water partition coefficient (Wildman–Crippen LogP) is 2.98. The van der Waals surface area contributed by atoms with E-state index in [1.165, 1.54) is 0 Å². The van der Waals surface area contributed by atoms with E-state index in [4.69, 9.17) is 9.47 Å². The van der Waals surface area contributed by atoms with Crippen LogP contribution in [0.3, 0.4) is 0 Å². The summed E-state index contributed by atoms with van der Waals surface area (Å²) in [6.45, 7) is 18.5. The number of carbonyl (C=O) groups excluding carboxylic acids is 3. The third-order valence-corrected chi connectivity index (χ3v) is 12.1. The molecule has 2 amide bonds. The molecule has 4 fully saturated rings. The van der Waals surface area contributed by atoms with Gasteiger partial charge < -0.3 is 24.4 Å². The van der Waals surface area contributed by atoms with Gasteiger partial charge in [-0.1, -0.05) is 39.3 Å². The second-order valence-corrected chi connectivity index (χ2v) is 14.0. The van der Waals surface area contributed by atoms with Crippen molar-refractivity contribution in [1.82, 2.24) is 14.7 Å². The molecule has 4 rings (SSSR count). The number of aliphatic hydroxyl groups excluding tert-OH is 1. The number of aliphatic hydroxyl groups is 1. The zero-order chi connectivity index (χ0) is 30.4. The van der Waals surface area contributed by atoms with Gasteiger partial charge in [-0.25, -0.2) is 0 Å². The van der Waals surface area contributed by atoms with Crippen LogP contribution in [0.15, 0.2) is 25.3 Å². The van der Waals surface area contributed by atoms with E-state index in [9.17, 15) is 19.5 Å². The van der Waals surface area contributed by atoms with Crippen molar-refractivity contribution < 1.29 is 29.0 Å². The van der Waals surface area contributed by atoms with Crippen LogP contribution in [0.4, 0.5) is 0 Å². The Labute approximate surface area is 256 Å². The molecule has 8 atom stereocenters. The number of hydrogen-bond acceptors (Lipinski definition) is 8. The molecule has 42 heavy (non-hydrogen) atoms. The average molecular weight is 606 g/mol. The second-order valence-electron chi connectivity index (χ2n) is 12.4. The SMILES string of the molecule is C=CCCCCOC(=O)[C@@H]1[C@H]2C(=O)N([C@@H](CO)[C@@H](C)CC)C(C(=O)N(CC=C)CCN3CCOCC3)C23S[C@@H]1CC3C. The summed E-state index contributed by atoms with van der Waals surface area (Å²) in [6, 6.07) is -1.27. The van der Waals surface area contributed by atoms with E-state index >= 15 is 0 Å². The van der Waals surface area contributed by atoms with Crippen molar-refractivity contribution in [3.05, 3.63) is 25.3 Å². The van der Waals surface area contributed by atoms with Gasteiger partial charge in [0.25, 0.3) is 0 Å². The van der Waals surface area contributed by atoms with Gasteiger partial charge in [0.15, 0.2) is 0 Å². The number of nitrogens with zero attached hydrogens (tertiary/aromatic N) is 3. The van der Waals surface area contributed by atoms with E-state index in [0.717, 1.165) is 45.2 Å². The fourth-order valence-corrected chi connectivity index (χ4v) is 9.94. The zero-order valence-corrected chi connectivity index (χ0v) is 26.6. The highest BCUT2D eigenvalue weighted by molar-refractivity contribution is 8.02. The van der Waals surface area contributed by atoms with Crippen molar-refractivity contribution in [2.75, 3.05) is 59.2 Å². The van der Waals surface area contributed by atoms with Crippen molar-refractivity contribution in [3.8, 4) is 0 Å². The summed E-state index contributed by atoms with van der Waals surface area (Å²) in [7, 11) is 0. The highest BCUT2D eigenvalue weighted by Crippen LogP contribution is 2.69. The molecule has 4 aliphatic rings. The second kappa shape index (κ2) is 14.7. The number of morpholine rings is 1. The molecule has 1 spiro atoms. The van der Waals surface area contributed by atoms with Crippen molar-refractivity contribution in [1.29, 1.82) is 0 Å². The molecule has 3 unspecified atom stereocenters. The minimum atomic E-state index is -0.763. The smallest absolute Gasteiger partial charge is 0.310 e. The van der Waals surface area contributed by atoms with Crippen LogP contribution >= 0.6 is 11.8 Å². The number of amides is 2. The van der Waals surface area contributed by atoms with Crippen molar-refractivity contribution >= 4 is 29.5 Å². The Morgan fingerprint density at radius 2 is 2.00 bits per heavy atom. The summed E-state index contributed by atoms with van der Waals surface area (Å²) in [6.07, 6.45) is 7.60. The Bertz CT molecular complexity index is 989. The standard InChI is InChI=1S/C32H51N3O6S/c1-6-9-10-11-17-41-31(39)26-25-20-23(5)32(42-25)27(26)29(37)35(24(21-36)22(4)8-3)28(32)30(38)34(12-7-2)14-13-33-15-18-40-19-16-33/h6-7,22-28,36H,1-2,8-21H2,3-5H3/t22-,23?,24-,25+,26-,27-,28?,32?/m0/s1. The first kappa shape index (κ1) is 33.0. The summed E-state index contributed by atoms with van der Waals surface area (Å²) < 4.78 is 10.5. The van der Waals surface area contributed by atoms with Crippen LogP contribution in [0.5, 0.6) is 0 Å². The van der Waals surface area contributed by atoms with Crippen LogP contribution in [0, 0.1) is 23.7 Å². The minimum Gasteiger partial charge on any atom is -0.465 e. The molecular formula is C32H51N3O6S. The largest absolute Gasteiger partial charge is 0.465 e. The van der Waals surface area contributed by atoms with Crippen LogP contribution < -0.4 is 0 Å². The maximum absolute atomic E-state index is 14.7. The normalized spacial score (nSPS) is 32.0. The Balaban J connectivity index is 1.66. The van der Waals surface area contributed by atoms with Crippen LogP contribution in [0.25, 0.3) is 0 Å². The summed E-state index contributed by atoms with van der Waals surface area (Å²) in [5.41, 5.74) is 0. The molecule has 0 aromatic heterocycles. The van der Waals surface area contributed by atoms with Crippen LogP contribution in [-0.4, -0.2) is 119 Å². The number of rotatable bonds is 16. The summed E-state index contributed by atoms with van der Waals surface area (Å²) in [5.74, 6) is -1.82. The number of thioether (sulfide) groups is 1. The number of ether oxygens (including phenoxy) is 2. The molecule has 0 saturated carbocycles. The lowest BCUT2D eigenvalue weighted by Gasteiger charge is -2.43. The topological polar surface area (TPSA) is 99.6 Å². The van der Waals surface area contributed by atoms with E-state index in [-0.39, 0.29) is 41.5 Å². The van der Waals surface area contributed by atoms with Gasteiger partial charge in [-0.3, -0.25) is 19.3 Å². The van der Waals surface area contributed by atoms with Crippen LogP contribution in [0.2, 0.25) is 0 Å². The molecule has 0 aromatic rings. The van der Waals surface area contributed by atoms with Crippen LogP contribution in [-0.2, 0) is 23.9 Å². The molecular weight excluding hydrogens is 554 g/mol. The number of likely N-dealkylation sites (tertiary alicyclic amines) is 1. The highest BCUT2D eigenvalue weighted by Gasteiger charge is 2.77. The maximum Gasteiger partial charge on any atom is 0.310 e. The number of allylic oxidation sites excluding steroid dienone is 1. The zero-order valence-electron chi connectivity index (χ0n) is 25.7. The van der Waals surface area contributed by atoms with E-state index in [2.05, 4.69) is 25.0 Å². The Hall–Kier alpha value is -1.88. The Morgan fingerprint density at radius 3 is 2.64 bits per heavy atom. The van der Waals surface area contributed by atoms with Gasteiger partial charge >= 0.3 is 5.97 Å². The molecule has 9 nitrogen and oxygen atoms in total. The number of fused-ring (bicyclic) bond motifs is 1. The molecule has 4 heterocycles. The van der Waals surface area contributed by atoms with E-state index in [1.807, 2.05) is 24.8 Å². The molecule has 236 valence electrons. The van der Waals surface area contributed by atoms with Crippen LogP contribution in [0.1, 0.15) is 52.9 Å². The van der Waals surface area contributed by atoms with E-state index in [0.29, 0.717) is 39.5 Å². The fourth-order valence-electron chi connectivity index (χ4n) is 7.55. The van der Waals surface area contributed by atoms with Crippen molar-refractivity contribution in [2.24, 2.45) is 23.7 Å². The van der Waals surface area contributed by atoms with Gasteiger partial charge in [0.05, 0.1) is 49.1 Å². The minimum absolute atomic E-state index is 0.0153. The first-order valence-corrected chi connectivity index (χ1v) is 16.7. The molecule has 4 saturated heterocycles. The van der Waals surface area contributed by atoms with Crippen molar-refractivity contribution in [2.45, 2.75) is 75.0 Å². The molecule has 1 N–H and O–H groups in total.